The molecule has 1 unspecified atom stereocenters. The first-order valence-electron chi connectivity index (χ1n) is 1.41. The molecule has 5 nitrogen and oxygen atoms in total. The molecule has 2 N–H and O–H groups in total. The van der Waals surface area contributed by atoms with Crippen LogP contribution in [0.15, 0.2) is 0 Å². The number of halogens is 1. The van der Waals surface area contributed by atoms with Crippen LogP contribution in [-0.4, -0.2) is 15.7 Å². The first kappa shape index (κ1) is 7.53. The molecule has 7 heavy (non-hydrogen) atoms. The summed E-state index contributed by atoms with van der Waals surface area (Å²) >= 11 is 1.51. The lowest BCUT2D eigenvalue weighted by Gasteiger charge is -2.16. The normalized spacial score (nSPS) is 15.0. The molecule has 0 amide bonds. The minimum atomic E-state index is -1.11. The molecule has 0 radical (unpaired) electrons. The van der Waals surface area contributed by atoms with E-state index in [1.165, 1.54) is 30.0 Å². The second-order valence-corrected chi connectivity index (χ2v) is 1.59. The zero-order valence-electron chi connectivity index (χ0n) is 3.59. The molecule has 0 bridgehead atoms. The van der Waals surface area contributed by atoms with Crippen LogP contribution < -0.4 is 5.34 Å². The fourth-order valence-corrected chi connectivity index (χ4v) is 0.0781. The van der Waals surface area contributed by atoms with Crippen molar-refractivity contribution < 1.29 is 15.4 Å². The minimum Gasteiger partial charge on any atom is -0.577 e. The van der Waals surface area contributed by atoms with Gasteiger partial charge in [-0.25, -0.2) is 4.84 Å². The van der Waals surface area contributed by atoms with E-state index in [9.17, 15) is 5.21 Å². The molecule has 0 rings (SSSR count). The van der Waals surface area contributed by atoms with Crippen molar-refractivity contribution in [3.63, 3.8) is 0 Å². The van der Waals surface area contributed by atoms with Crippen LogP contribution in [-0.2, 0) is 4.84 Å². The van der Waals surface area contributed by atoms with Crippen LogP contribution in [0, 0.1) is 5.21 Å². The molecule has 0 aliphatic carbocycles. The number of nitrogens with one attached hydrogen (secondary N) is 1. The van der Waals surface area contributed by atoms with E-state index in [-0.39, 0.29) is 0 Å². The average Bonchev–Trinajstić information content (AvgIpc) is 1.65. The molecule has 6 heteroatoms. The Labute approximate surface area is 54.4 Å². The first-order valence-corrected chi connectivity index (χ1v) is 2.38. The summed E-state index contributed by atoms with van der Waals surface area (Å²) in [4.78, 5) is 4.23. The van der Waals surface area contributed by atoms with Crippen molar-refractivity contribution in [3.05, 3.63) is 5.21 Å². The third kappa shape index (κ3) is 3.14. The molecular formula is CH5IN2O3. The maximum absolute atomic E-state index is 9.72. The summed E-state index contributed by atoms with van der Waals surface area (Å²) in [5, 5.41) is 16.6. The molecule has 0 fully saturated rings. The van der Waals surface area contributed by atoms with Crippen LogP contribution in [0.25, 0.3) is 0 Å². The maximum atomic E-state index is 9.72. The van der Waals surface area contributed by atoms with Gasteiger partial charge in [0.15, 0.2) is 0 Å². The predicted octanol–water partition coefficient (Wildman–Crippen LogP) is -1.11. The molecular weight excluding hydrogens is 215 g/mol. The second kappa shape index (κ2) is 3.52. The molecule has 0 aromatic carbocycles. The number of rotatable bonds is 2. The monoisotopic (exact) mass is 220 g/mol. The van der Waals surface area contributed by atoms with E-state index < -0.39 is 5.34 Å². The number of hydrogen-bond acceptors (Lipinski definition) is 4. The zero-order chi connectivity index (χ0) is 5.86. The van der Waals surface area contributed by atoms with Gasteiger partial charge < -0.3 is 5.21 Å². The van der Waals surface area contributed by atoms with Gasteiger partial charge in [-0.2, -0.15) is 5.21 Å². The Kier molecular flexibility index (Phi) is 3.79. The zero-order valence-corrected chi connectivity index (χ0v) is 5.75. The molecule has 0 aromatic rings. The highest BCUT2D eigenvalue weighted by Gasteiger charge is 1.99. The van der Waals surface area contributed by atoms with Gasteiger partial charge in [0.05, 0.1) is 10.5 Å². The quantitative estimate of drug-likeness (QED) is 0.352. The van der Waals surface area contributed by atoms with Gasteiger partial charge in [-0.15, -0.1) is 5.34 Å². The summed E-state index contributed by atoms with van der Waals surface area (Å²) in [6.07, 6.45) is 0. The average molecular weight is 220 g/mol. The highest BCUT2D eigenvalue weighted by atomic mass is 127. The Morgan fingerprint density at radius 2 is 2.43 bits per heavy atom. The first-order chi connectivity index (χ1) is 3.18. The van der Waals surface area contributed by atoms with Gasteiger partial charge in [0, 0.05) is 0 Å². The Morgan fingerprint density at radius 1 is 2.00 bits per heavy atom. The highest BCUT2D eigenvalue weighted by molar-refractivity contribution is 14.1. The molecule has 1 atom stereocenters. The molecule has 0 aliphatic heterocycles. The second-order valence-electron chi connectivity index (χ2n) is 0.710. The van der Waals surface area contributed by atoms with Crippen molar-refractivity contribution in [1.29, 1.82) is 0 Å². The topological polar surface area (TPSA) is 60.2 Å². The Balaban J connectivity index is 3.14. The van der Waals surface area contributed by atoms with Crippen LogP contribution in [0.4, 0.5) is 0 Å². The smallest absolute Gasteiger partial charge is 0.126 e. The summed E-state index contributed by atoms with van der Waals surface area (Å²) in [6, 6.07) is 0. The Hall–Kier alpha value is 0.530. The van der Waals surface area contributed by atoms with E-state index >= 15 is 0 Å². The molecule has 0 aliphatic rings. The number of nitrogens with zero attached hydrogens (tertiary/aromatic N) is 1. The third-order valence-electron chi connectivity index (χ3n) is 0.311. The Morgan fingerprint density at radius 3 is 2.43 bits per heavy atom. The van der Waals surface area contributed by atoms with Crippen LogP contribution in [0.5, 0.6) is 0 Å². The SMILES string of the molecule is CON(I)[NH+]([O-])O. The van der Waals surface area contributed by atoms with Crippen molar-refractivity contribution in [1.82, 2.24) is 3.39 Å². The molecule has 0 heterocycles. The van der Waals surface area contributed by atoms with Crippen LogP contribution in [0.1, 0.15) is 0 Å². The number of quaternary nitrogens is 1. The molecule has 44 valence electrons. The summed E-state index contributed by atoms with van der Waals surface area (Å²) in [7, 11) is 1.28. The van der Waals surface area contributed by atoms with Crippen molar-refractivity contribution in [3.8, 4) is 0 Å². The number of hydrogen-bond donors (Lipinski definition) is 2. The molecule has 0 aromatic heterocycles. The van der Waals surface area contributed by atoms with Gasteiger partial charge in [0.2, 0.25) is 0 Å². The van der Waals surface area contributed by atoms with Crippen molar-refractivity contribution >= 4 is 22.9 Å². The van der Waals surface area contributed by atoms with E-state index in [1.54, 1.807) is 0 Å². The lowest BCUT2D eigenvalue weighted by Crippen LogP contribution is -3.09. The third-order valence-corrected chi connectivity index (χ3v) is 1.12. The fourth-order valence-electron chi connectivity index (χ4n) is 0.0781. The molecule has 0 saturated carbocycles. The van der Waals surface area contributed by atoms with Crippen LogP contribution in [0.2, 0.25) is 0 Å². The summed E-state index contributed by atoms with van der Waals surface area (Å²) in [5.74, 6) is 0. The predicted molar refractivity (Wildman–Crippen MR) is 29.0 cm³/mol. The maximum Gasteiger partial charge on any atom is 0.126 e. The van der Waals surface area contributed by atoms with Gasteiger partial charge in [0.1, 0.15) is 22.9 Å². The van der Waals surface area contributed by atoms with Crippen molar-refractivity contribution in [2.75, 3.05) is 7.11 Å². The van der Waals surface area contributed by atoms with Crippen LogP contribution in [0.3, 0.4) is 0 Å². The van der Waals surface area contributed by atoms with E-state index in [4.69, 9.17) is 5.21 Å². The van der Waals surface area contributed by atoms with E-state index in [0.29, 0.717) is 3.39 Å². The highest BCUT2D eigenvalue weighted by Crippen LogP contribution is 1.83. The standard InChI is InChI=1S/CH5IN2O3/c1-7-3(2)4(5)6/h4-5H,1H3. The van der Waals surface area contributed by atoms with E-state index in [1.807, 2.05) is 0 Å². The van der Waals surface area contributed by atoms with Crippen molar-refractivity contribution in [2.45, 2.75) is 0 Å². The largest absolute Gasteiger partial charge is 0.577 e. The summed E-state index contributed by atoms with van der Waals surface area (Å²) in [5.41, 5.74) is 0. The summed E-state index contributed by atoms with van der Waals surface area (Å²) in [6.45, 7) is 0. The summed E-state index contributed by atoms with van der Waals surface area (Å²) < 4.78 is 0.678. The lowest BCUT2D eigenvalue weighted by molar-refractivity contribution is -1.14. The minimum absolute atomic E-state index is 0.678. The molecule has 0 spiro atoms. The van der Waals surface area contributed by atoms with Gasteiger partial charge in [0.25, 0.3) is 0 Å². The van der Waals surface area contributed by atoms with Crippen LogP contribution >= 0.6 is 22.9 Å². The van der Waals surface area contributed by atoms with E-state index in [0.717, 1.165) is 0 Å². The lowest BCUT2D eigenvalue weighted by atomic mass is 11.7. The van der Waals surface area contributed by atoms with Gasteiger partial charge in [-0.05, 0) is 0 Å². The van der Waals surface area contributed by atoms with Gasteiger partial charge >= 0.3 is 0 Å². The fraction of sp³-hybridized carbons (Fsp3) is 1.00. The Bertz CT molecular complexity index is 50.2. The van der Waals surface area contributed by atoms with Gasteiger partial charge in [-0.1, -0.05) is 0 Å². The molecule has 0 saturated heterocycles. The van der Waals surface area contributed by atoms with E-state index in [2.05, 4.69) is 4.84 Å². The van der Waals surface area contributed by atoms with Crippen molar-refractivity contribution in [2.24, 2.45) is 0 Å². The van der Waals surface area contributed by atoms with Gasteiger partial charge in [-0.3, -0.25) is 0 Å².